The Bertz CT molecular complexity index is 981. The molecule has 2 heterocycles. The summed E-state index contributed by atoms with van der Waals surface area (Å²) >= 11 is 6.14. The van der Waals surface area contributed by atoms with Crippen molar-refractivity contribution in [2.45, 2.75) is 6.54 Å². The Morgan fingerprint density at radius 2 is 1.89 bits per heavy atom. The summed E-state index contributed by atoms with van der Waals surface area (Å²) in [5.74, 6) is -0.455. The maximum atomic E-state index is 12.2. The number of carbonyl (C=O) groups excluding carboxylic acids is 2. The number of esters is 1. The van der Waals surface area contributed by atoms with Gasteiger partial charge in [0.1, 0.15) is 11.5 Å². The van der Waals surface area contributed by atoms with Crippen LogP contribution in [0.3, 0.4) is 0 Å². The largest absolute Gasteiger partial charge is 0.465 e. The van der Waals surface area contributed by atoms with Gasteiger partial charge in [-0.3, -0.25) is 9.78 Å². The highest BCUT2D eigenvalue weighted by Gasteiger charge is 2.11. The maximum Gasteiger partial charge on any atom is 0.337 e. The van der Waals surface area contributed by atoms with Crippen molar-refractivity contribution < 1.29 is 14.3 Å². The third kappa shape index (κ3) is 4.80. The molecular weight excluding hydrogens is 382 g/mol. The van der Waals surface area contributed by atoms with Crippen LogP contribution in [0.4, 0.5) is 11.5 Å². The zero-order chi connectivity index (χ0) is 19.9. The van der Waals surface area contributed by atoms with Crippen LogP contribution in [0.5, 0.6) is 0 Å². The Balaban J connectivity index is 1.66. The van der Waals surface area contributed by atoms with E-state index in [0.29, 0.717) is 28.6 Å². The first kappa shape index (κ1) is 19.2. The average Bonchev–Trinajstić information content (AvgIpc) is 2.74. The molecule has 2 N–H and O–H groups in total. The molecule has 0 saturated carbocycles. The Morgan fingerprint density at radius 1 is 1.11 bits per heavy atom. The highest BCUT2D eigenvalue weighted by atomic mass is 35.5. The Morgan fingerprint density at radius 3 is 2.57 bits per heavy atom. The minimum absolute atomic E-state index is 0.175. The predicted octanol–water partition coefficient (Wildman–Crippen LogP) is 2.99. The molecule has 0 spiro atoms. The van der Waals surface area contributed by atoms with Crippen molar-refractivity contribution in [1.82, 2.24) is 20.3 Å². The molecule has 8 nitrogen and oxygen atoms in total. The van der Waals surface area contributed by atoms with Crippen molar-refractivity contribution in [2.75, 3.05) is 12.4 Å². The lowest BCUT2D eigenvalue weighted by molar-refractivity contribution is 0.0600. The van der Waals surface area contributed by atoms with Gasteiger partial charge < -0.3 is 15.4 Å². The van der Waals surface area contributed by atoms with E-state index in [1.807, 2.05) is 12.1 Å². The van der Waals surface area contributed by atoms with Gasteiger partial charge in [0, 0.05) is 18.9 Å². The summed E-state index contributed by atoms with van der Waals surface area (Å²) in [7, 11) is 1.30. The molecule has 3 aromatic rings. The molecule has 2 aromatic heterocycles. The van der Waals surface area contributed by atoms with E-state index in [9.17, 15) is 9.59 Å². The second-order valence-electron chi connectivity index (χ2n) is 5.64. The Labute approximate surface area is 166 Å². The molecule has 0 aliphatic carbocycles. The van der Waals surface area contributed by atoms with E-state index >= 15 is 0 Å². The first-order chi connectivity index (χ1) is 13.6. The number of ether oxygens (including phenoxy) is 1. The fourth-order valence-electron chi connectivity index (χ4n) is 2.29. The average molecular weight is 398 g/mol. The Kier molecular flexibility index (Phi) is 6.13. The minimum atomic E-state index is -0.480. The van der Waals surface area contributed by atoms with E-state index in [1.54, 1.807) is 30.6 Å². The predicted molar refractivity (Wildman–Crippen MR) is 104 cm³/mol. The number of carbonyl (C=O) groups is 2. The number of hydrogen-bond donors (Lipinski definition) is 2. The molecule has 0 saturated heterocycles. The van der Waals surface area contributed by atoms with E-state index in [4.69, 9.17) is 16.3 Å². The number of anilines is 2. The molecule has 28 heavy (non-hydrogen) atoms. The number of amides is 1. The van der Waals surface area contributed by atoms with Crippen molar-refractivity contribution in [1.29, 1.82) is 0 Å². The fraction of sp³-hybridized carbons (Fsp3) is 0.105. The van der Waals surface area contributed by atoms with Crippen LogP contribution in [0.25, 0.3) is 0 Å². The lowest BCUT2D eigenvalue weighted by atomic mass is 10.2. The van der Waals surface area contributed by atoms with Crippen molar-refractivity contribution in [2.24, 2.45) is 0 Å². The number of hydrogen-bond acceptors (Lipinski definition) is 7. The number of benzene rings is 1. The van der Waals surface area contributed by atoms with Gasteiger partial charge in [0.05, 0.1) is 35.8 Å². The van der Waals surface area contributed by atoms with Crippen molar-refractivity contribution >= 4 is 35.0 Å². The molecule has 0 unspecified atom stereocenters. The summed E-state index contributed by atoms with van der Waals surface area (Å²) < 4.78 is 4.69. The number of aromatic nitrogens is 3. The standard InChI is InChI=1S/C19H16ClN5O3/c1-28-19(27)13-2-3-14(20)15(8-13)25-17-11-22-16(10-23-17)18(26)24-9-12-4-6-21-7-5-12/h2-8,10-11H,9H2,1H3,(H,23,25)(H,24,26). The Hall–Kier alpha value is -3.52. The quantitative estimate of drug-likeness (QED) is 0.616. The van der Waals surface area contributed by atoms with Crippen LogP contribution >= 0.6 is 11.6 Å². The van der Waals surface area contributed by atoms with Gasteiger partial charge in [0.15, 0.2) is 0 Å². The second kappa shape index (κ2) is 8.92. The van der Waals surface area contributed by atoms with E-state index in [-0.39, 0.29) is 11.6 Å². The molecule has 1 aromatic carbocycles. The molecule has 0 aliphatic heterocycles. The number of pyridine rings is 1. The topological polar surface area (TPSA) is 106 Å². The first-order valence-electron chi connectivity index (χ1n) is 8.21. The normalized spacial score (nSPS) is 10.2. The molecule has 0 radical (unpaired) electrons. The van der Waals surface area contributed by atoms with Gasteiger partial charge in [-0.15, -0.1) is 0 Å². The molecule has 3 rings (SSSR count). The smallest absolute Gasteiger partial charge is 0.337 e. The third-order valence-electron chi connectivity index (χ3n) is 3.74. The number of nitrogens with one attached hydrogen (secondary N) is 2. The zero-order valence-electron chi connectivity index (χ0n) is 14.8. The lowest BCUT2D eigenvalue weighted by Crippen LogP contribution is -2.24. The van der Waals surface area contributed by atoms with Crippen LogP contribution in [-0.4, -0.2) is 33.9 Å². The molecule has 9 heteroatoms. The highest BCUT2D eigenvalue weighted by molar-refractivity contribution is 6.33. The molecule has 142 valence electrons. The summed E-state index contributed by atoms with van der Waals surface area (Å²) in [4.78, 5) is 36.0. The molecule has 0 atom stereocenters. The highest BCUT2D eigenvalue weighted by Crippen LogP contribution is 2.26. The van der Waals surface area contributed by atoms with Crippen molar-refractivity contribution in [3.05, 3.63) is 77.0 Å². The lowest BCUT2D eigenvalue weighted by Gasteiger charge is -2.09. The number of methoxy groups -OCH3 is 1. The molecule has 0 fully saturated rings. The zero-order valence-corrected chi connectivity index (χ0v) is 15.6. The molecule has 0 bridgehead atoms. The van der Waals surface area contributed by atoms with Crippen molar-refractivity contribution in [3.8, 4) is 0 Å². The fourth-order valence-corrected chi connectivity index (χ4v) is 2.45. The van der Waals surface area contributed by atoms with Gasteiger partial charge in [0.2, 0.25) is 0 Å². The van der Waals surface area contributed by atoms with Crippen molar-refractivity contribution in [3.63, 3.8) is 0 Å². The summed E-state index contributed by atoms with van der Waals surface area (Å²) in [6.07, 6.45) is 6.06. The van der Waals surface area contributed by atoms with Gasteiger partial charge >= 0.3 is 5.97 Å². The monoisotopic (exact) mass is 397 g/mol. The van der Waals surface area contributed by atoms with Gasteiger partial charge in [-0.25, -0.2) is 14.8 Å². The van der Waals surface area contributed by atoms with E-state index < -0.39 is 5.97 Å². The van der Waals surface area contributed by atoms with Gasteiger partial charge in [-0.2, -0.15) is 0 Å². The number of halogens is 1. The molecule has 0 aliphatic rings. The number of rotatable bonds is 6. The summed E-state index contributed by atoms with van der Waals surface area (Å²) in [6, 6.07) is 8.30. The van der Waals surface area contributed by atoms with Crippen LogP contribution in [-0.2, 0) is 11.3 Å². The van der Waals surface area contributed by atoms with Gasteiger partial charge in [0.25, 0.3) is 5.91 Å². The van der Waals surface area contributed by atoms with Gasteiger partial charge in [-0.05, 0) is 35.9 Å². The second-order valence-corrected chi connectivity index (χ2v) is 6.04. The maximum absolute atomic E-state index is 12.2. The van der Waals surface area contributed by atoms with Crippen LogP contribution in [0.15, 0.2) is 55.1 Å². The summed E-state index contributed by atoms with van der Waals surface area (Å²) in [5, 5.41) is 6.12. The summed E-state index contributed by atoms with van der Waals surface area (Å²) in [5.41, 5.74) is 1.91. The van der Waals surface area contributed by atoms with Crippen LogP contribution < -0.4 is 10.6 Å². The van der Waals surface area contributed by atoms with E-state index in [0.717, 1.165) is 5.56 Å². The van der Waals surface area contributed by atoms with E-state index in [2.05, 4.69) is 25.6 Å². The summed E-state index contributed by atoms with van der Waals surface area (Å²) in [6.45, 7) is 0.360. The van der Waals surface area contributed by atoms with E-state index in [1.165, 1.54) is 19.5 Å². The molecular formula is C19H16ClN5O3. The minimum Gasteiger partial charge on any atom is -0.465 e. The van der Waals surface area contributed by atoms with Crippen LogP contribution in [0.1, 0.15) is 26.4 Å². The third-order valence-corrected chi connectivity index (χ3v) is 4.07. The first-order valence-corrected chi connectivity index (χ1v) is 8.58. The van der Waals surface area contributed by atoms with Gasteiger partial charge in [-0.1, -0.05) is 11.6 Å². The molecule has 1 amide bonds. The van der Waals surface area contributed by atoms with Crippen LogP contribution in [0, 0.1) is 0 Å². The van der Waals surface area contributed by atoms with Crippen LogP contribution in [0.2, 0.25) is 5.02 Å². The SMILES string of the molecule is COC(=O)c1ccc(Cl)c(Nc2cnc(C(=O)NCc3ccncc3)cn2)c1. The number of nitrogens with zero attached hydrogens (tertiary/aromatic N) is 3.